The molecule has 0 N–H and O–H groups in total. The van der Waals surface area contributed by atoms with Gasteiger partial charge in [-0.25, -0.2) is 0 Å². The molecule has 61 heavy (non-hydrogen) atoms. The van der Waals surface area contributed by atoms with Gasteiger partial charge in [0.1, 0.15) is 0 Å². The summed E-state index contributed by atoms with van der Waals surface area (Å²) in [5.74, 6) is 0. The van der Waals surface area contributed by atoms with Crippen LogP contribution in [0.25, 0.3) is 45.6 Å². The van der Waals surface area contributed by atoms with Crippen LogP contribution in [0, 0.1) is 0 Å². The van der Waals surface area contributed by atoms with Crippen LogP contribution in [0.2, 0.25) is 39.3 Å². The Labute approximate surface area is 377 Å². The third-order valence-electron chi connectivity index (χ3n) is 13.2. The van der Waals surface area contributed by atoms with E-state index in [9.17, 15) is 17.0 Å². The summed E-state index contributed by atoms with van der Waals surface area (Å²) in [5.41, 5.74) is 18.0. The second kappa shape index (κ2) is 17.4. The van der Waals surface area contributed by atoms with Gasteiger partial charge in [0.2, 0.25) is 0 Å². The van der Waals surface area contributed by atoms with Crippen LogP contribution in [-0.4, -0.2) is 25.6 Å². The van der Waals surface area contributed by atoms with Crippen molar-refractivity contribution < 1.29 is 16.2 Å². The molecule has 0 spiro atoms. The zero-order valence-electron chi connectivity index (χ0n) is 37.4. The van der Waals surface area contributed by atoms with Crippen LogP contribution in [0.5, 0.6) is 0 Å². The molecule has 2 unspecified atom stereocenters. The first kappa shape index (κ1) is 44.3. The van der Waals surface area contributed by atoms with Crippen LogP contribution in [0.15, 0.2) is 146 Å². The van der Waals surface area contributed by atoms with E-state index in [1.165, 1.54) is 77.9 Å². The van der Waals surface area contributed by atoms with Crippen molar-refractivity contribution in [3.05, 3.63) is 190 Å². The van der Waals surface area contributed by atoms with Gasteiger partial charge in [0, 0.05) is 0 Å². The summed E-state index contributed by atoms with van der Waals surface area (Å²) in [6, 6.07) is 54.1. The number of nitrogens with zero attached hydrogens (tertiary/aromatic N) is 1. The molecule has 0 aliphatic heterocycles. The topological polar surface area (TPSA) is 3.24 Å². The van der Waals surface area contributed by atoms with Gasteiger partial charge in [0.05, 0.1) is 0 Å². The molecular formula is C54H61BCl2NSi2Zr. The standard InChI is InChI=1S/2C24H21.C6H19BNSi2.2ClH.Zr/c2*1-2-9-19-12-6-7-14-22(19)23-15-8-13-20-16-21(17-24(20)23)18-10-4-3-5-11-18;1-9(2,3)8(7)10(4,5)6;;;/h2*3-8,10-17H,2,9H2,1H3;7H,1-6H3;2*1H;/q;;+1;;;+1/p-2. The summed E-state index contributed by atoms with van der Waals surface area (Å²) in [7, 11) is 14.9. The van der Waals surface area contributed by atoms with E-state index in [-0.39, 0.29) is 7.25 Å². The fourth-order valence-corrected chi connectivity index (χ4v) is 52.3. The molecule has 1 nitrogen and oxygen atoms in total. The van der Waals surface area contributed by atoms with Crippen LogP contribution >= 0.6 is 17.0 Å². The van der Waals surface area contributed by atoms with Crippen LogP contribution in [-0.2, 0) is 29.0 Å². The number of aryl methyl sites for hydroxylation is 2. The minimum atomic E-state index is -5.64. The molecule has 2 atom stereocenters. The molecule has 0 saturated heterocycles. The van der Waals surface area contributed by atoms with Gasteiger partial charge in [-0.15, -0.1) is 0 Å². The Morgan fingerprint density at radius 3 is 1.21 bits per heavy atom. The van der Waals surface area contributed by atoms with Crippen molar-refractivity contribution in [2.24, 2.45) is 0 Å². The number of allylic oxidation sites excluding steroid dienone is 2. The van der Waals surface area contributed by atoms with E-state index in [1.807, 2.05) is 0 Å². The molecule has 6 aromatic rings. The molecule has 0 heterocycles. The third kappa shape index (κ3) is 8.34. The molecule has 6 aromatic carbocycles. The van der Waals surface area contributed by atoms with E-state index in [2.05, 4.69) is 215 Å². The average molecular weight is 953 g/mol. The molecule has 311 valence electrons. The quantitative estimate of drug-likeness (QED) is 0.0984. The van der Waals surface area contributed by atoms with Crippen molar-refractivity contribution in [2.75, 3.05) is 0 Å². The Morgan fingerprint density at radius 1 is 0.475 bits per heavy atom. The average Bonchev–Trinajstić information content (AvgIpc) is 3.85. The van der Waals surface area contributed by atoms with Gasteiger partial charge in [0.15, 0.2) is 0 Å². The van der Waals surface area contributed by atoms with Gasteiger partial charge in [-0.05, 0) is 0 Å². The minimum absolute atomic E-state index is 0.172. The Kier molecular flexibility index (Phi) is 12.6. The normalized spacial score (nSPS) is 17.0. The number of benzene rings is 6. The summed E-state index contributed by atoms with van der Waals surface area (Å²) < 4.78 is 2.58. The van der Waals surface area contributed by atoms with Gasteiger partial charge in [-0.1, -0.05) is 0 Å². The first-order valence-electron chi connectivity index (χ1n) is 22.5. The van der Waals surface area contributed by atoms with Crippen molar-refractivity contribution in [3.8, 4) is 22.3 Å². The van der Waals surface area contributed by atoms with Gasteiger partial charge in [-0.3, -0.25) is 0 Å². The van der Waals surface area contributed by atoms with Gasteiger partial charge >= 0.3 is 380 Å². The summed E-state index contributed by atoms with van der Waals surface area (Å²) in [6.07, 6.45) is 9.24. The summed E-state index contributed by atoms with van der Waals surface area (Å²) in [4.78, 5) is 0.728. The number of halogens is 2. The van der Waals surface area contributed by atoms with E-state index in [0.29, 0.717) is 0 Å². The Balaban J connectivity index is 1.48. The molecule has 2 aliphatic rings. The van der Waals surface area contributed by atoms with E-state index in [4.69, 9.17) is 0 Å². The third-order valence-corrected chi connectivity index (χ3v) is 40.1. The molecule has 2 aliphatic carbocycles. The molecule has 7 heteroatoms. The second-order valence-corrected chi connectivity index (χ2v) is 51.7. The van der Waals surface area contributed by atoms with Crippen molar-refractivity contribution in [2.45, 2.75) is 86.1 Å². The molecule has 8 rings (SSSR count). The van der Waals surface area contributed by atoms with Crippen molar-refractivity contribution in [1.29, 1.82) is 0 Å². The molecule has 0 radical (unpaired) electrons. The van der Waals surface area contributed by atoms with Gasteiger partial charge in [0.25, 0.3) is 0 Å². The summed E-state index contributed by atoms with van der Waals surface area (Å²) in [5, 5.41) is 0. The summed E-state index contributed by atoms with van der Waals surface area (Å²) >= 11 is -5.64. The Hall–Kier alpha value is -3.28. The fourth-order valence-electron chi connectivity index (χ4n) is 11.0. The first-order chi connectivity index (χ1) is 29.1. The van der Waals surface area contributed by atoms with E-state index >= 15 is 0 Å². The van der Waals surface area contributed by atoms with Crippen LogP contribution < -0.4 is 0 Å². The van der Waals surface area contributed by atoms with Crippen molar-refractivity contribution in [3.63, 3.8) is 0 Å². The van der Waals surface area contributed by atoms with Crippen LogP contribution in [0.1, 0.15) is 78.4 Å². The molecular weight excluding hydrogens is 892 g/mol. The van der Waals surface area contributed by atoms with Crippen molar-refractivity contribution >= 4 is 61.7 Å². The van der Waals surface area contributed by atoms with E-state index in [0.717, 1.165) is 30.6 Å². The van der Waals surface area contributed by atoms with Gasteiger partial charge in [-0.2, -0.15) is 0 Å². The molecule has 0 aromatic heterocycles. The summed E-state index contributed by atoms with van der Waals surface area (Å²) in [6.45, 7) is 19.6. The van der Waals surface area contributed by atoms with Crippen LogP contribution in [0.4, 0.5) is 0 Å². The molecule has 0 fully saturated rings. The zero-order chi connectivity index (χ0) is 43.2. The maximum atomic E-state index is 9.41. The predicted octanol–water partition coefficient (Wildman–Crippen LogP) is 16.1. The predicted molar refractivity (Wildman–Crippen MR) is 273 cm³/mol. The number of hydrogen-bond acceptors (Lipinski definition) is 1. The first-order valence-corrected chi connectivity index (χ1v) is 40.3. The number of fused-ring (bicyclic) bond motifs is 2. The monoisotopic (exact) mass is 950 g/mol. The van der Waals surface area contributed by atoms with E-state index in [1.54, 1.807) is 0 Å². The van der Waals surface area contributed by atoms with Crippen LogP contribution in [0.3, 0.4) is 0 Å². The van der Waals surface area contributed by atoms with E-state index < -0.39 is 32.6 Å². The maximum absolute atomic E-state index is 9.41. The molecule has 0 bridgehead atoms. The SMILES string of the molecule is CCCc1ccccc1-c1cccc2c1C=C(c1ccccc1)[CH]2[Zr]([Cl])([Cl])([BH]N([Si](C)(C)C)[Si](C)(C)C)[CH]1C(c2ccccc2)=Cc2c(-c3ccccc3CCC)cccc21. The second-order valence-electron chi connectivity index (χ2n) is 19.5. The zero-order valence-corrected chi connectivity index (χ0v) is 43.4. The number of hydrogen-bond donors (Lipinski definition) is 0. The molecule has 0 saturated carbocycles. The molecule has 0 amide bonds. The number of rotatable bonds is 14. The van der Waals surface area contributed by atoms with Gasteiger partial charge < -0.3 is 0 Å². The Bertz CT molecular complexity index is 2450. The fraction of sp³-hybridized carbons (Fsp3) is 0.259. The van der Waals surface area contributed by atoms with Crippen molar-refractivity contribution in [1.82, 2.24) is 4.14 Å². The Morgan fingerprint density at radius 2 is 0.836 bits per heavy atom.